The number of nitrogens with zero attached hydrogens (tertiary/aromatic N) is 1. The van der Waals surface area contributed by atoms with Crippen molar-refractivity contribution in [2.75, 3.05) is 6.61 Å². The summed E-state index contributed by atoms with van der Waals surface area (Å²) in [6.45, 7) is 2.66. The average molecular weight is 299 g/mol. The van der Waals surface area contributed by atoms with E-state index >= 15 is 0 Å². The van der Waals surface area contributed by atoms with Crippen LogP contribution < -0.4 is 4.74 Å². The molecule has 0 aliphatic carbocycles. The lowest BCUT2D eigenvalue weighted by Gasteiger charge is -2.15. The van der Waals surface area contributed by atoms with Crippen LogP contribution in [0.2, 0.25) is 0 Å². The largest absolute Gasteiger partial charge is 0.493 e. The fraction of sp³-hybridized carbons (Fsp3) is 0.0952. The zero-order valence-electron chi connectivity index (χ0n) is 13.0. The number of aromatic nitrogens is 1. The summed E-state index contributed by atoms with van der Waals surface area (Å²) in [6.07, 6.45) is 0. The van der Waals surface area contributed by atoms with Crippen molar-refractivity contribution in [3.63, 3.8) is 0 Å². The summed E-state index contributed by atoms with van der Waals surface area (Å²) in [5, 5.41) is 2.30. The number of fused-ring (bicyclic) bond motifs is 2. The third-order valence-electron chi connectivity index (χ3n) is 4.04. The molecule has 0 aliphatic heterocycles. The lowest BCUT2D eigenvalue weighted by atomic mass is 9.95. The average Bonchev–Trinajstić information content (AvgIpc) is 2.61. The molecule has 2 heteroatoms. The van der Waals surface area contributed by atoms with Crippen molar-refractivity contribution in [3.8, 4) is 16.9 Å². The highest BCUT2D eigenvalue weighted by molar-refractivity contribution is 6.10. The molecule has 0 fully saturated rings. The number of ether oxygens (including phenoxy) is 1. The quantitative estimate of drug-likeness (QED) is 0.469. The highest BCUT2D eigenvalue weighted by Crippen LogP contribution is 2.39. The molecule has 23 heavy (non-hydrogen) atoms. The highest BCUT2D eigenvalue weighted by atomic mass is 16.5. The number of hydrogen-bond donors (Lipinski definition) is 0. The van der Waals surface area contributed by atoms with Crippen LogP contribution in [0.25, 0.3) is 32.9 Å². The van der Waals surface area contributed by atoms with E-state index in [1.165, 1.54) is 5.56 Å². The molecular formula is C21H17NO. The van der Waals surface area contributed by atoms with Crippen LogP contribution in [0.4, 0.5) is 0 Å². The van der Waals surface area contributed by atoms with E-state index in [2.05, 4.69) is 48.5 Å². The first-order chi connectivity index (χ1) is 11.4. The van der Waals surface area contributed by atoms with Crippen LogP contribution in [0, 0.1) is 0 Å². The van der Waals surface area contributed by atoms with Gasteiger partial charge in [0.2, 0.25) is 0 Å². The Morgan fingerprint density at radius 3 is 1.96 bits per heavy atom. The summed E-state index contributed by atoms with van der Waals surface area (Å²) >= 11 is 0. The SMILES string of the molecule is CCOc1ccccc1-c1c2ccccc2nc2ccccc12. The van der Waals surface area contributed by atoms with E-state index in [9.17, 15) is 0 Å². The van der Waals surface area contributed by atoms with Gasteiger partial charge in [-0.05, 0) is 25.1 Å². The van der Waals surface area contributed by atoms with Crippen molar-refractivity contribution in [2.45, 2.75) is 6.92 Å². The normalized spacial score (nSPS) is 11.0. The molecule has 0 saturated heterocycles. The molecule has 0 radical (unpaired) electrons. The number of para-hydroxylation sites is 3. The van der Waals surface area contributed by atoms with Gasteiger partial charge in [0.15, 0.2) is 0 Å². The number of hydrogen-bond acceptors (Lipinski definition) is 2. The molecule has 1 heterocycles. The van der Waals surface area contributed by atoms with Gasteiger partial charge in [0.05, 0.1) is 17.6 Å². The topological polar surface area (TPSA) is 22.1 Å². The predicted octanol–water partition coefficient (Wildman–Crippen LogP) is 5.45. The Kier molecular flexibility index (Phi) is 3.43. The summed E-state index contributed by atoms with van der Waals surface area (Å²) in [7, 11) is 0. The summed E-state index contributed by atoms with van der Waals surface area (Å²) in [5.74, 6) is 0.913. The summed E-state index contributed by atoms with van der Waals surface area (Å²) < 4.78 is 5.87. The van der Waals surface area contributed by atoms with Crippen LogP contribution in [-0.2, 0) is 0 Å². The first kappa shape index (κ1) is 13.8. The molecule has 0 bridgehead atoms. The molecule has 0 spiro atoms. The third kappa shape index (κ3) is 2.33. The second-order valence-electron chi connectivity index (χ2n) is 5.45. The Morgan fingerprint density at radius 2 is 1.30 bits per heavy atom. The van der Waals surface area contributed by atoms with E-state index < -0.39 is 0 Å². The van der Waals surface area contributed by atoms with Crippen LogP contribution in [0.5, 0.6) is 5.75 Å². The van der Waals surface area contributed by atoms with Gasteiger partial charge in [-0.15, -0.1) is 0 Å². The maximum absolute atomic E-state index is 5.87. The van der Waals surface area contributed by atoms with Gasteiger partial charge in [-0.25, -0.2) is 4.98 Å². The fourth-order valence-electron chi connectivity index (χ4n) is 3.08. The zero-order valence-corrected chi connectivity index (χ0v) is 13.0. The van der Waals surface area contributed by atoms with Crippen LogP contribution in [0.15, 0.2) is 72.8 Å². The van der Waals surface area contributed by atoms with E-state index in [-0.39, 0.29) is 0 Å². The van der Waals surface area contributed by atoms with Crippen molar-refractivity contribution in [3.05, 3.63) is 72.8 Å². The van der Waals surface area contributed by atoms with Crippen LogP contribution in [-0.4, -0.2) is 11.6 Å². The Bertz CT molecular complexity index is 937. The number of benzene rings is 3. The van der Waals surface area contributed by atoms with Crippen LogP contribution in [0.1, 0.15) is 6.92 Å². The van der Waals surface area contributed by atoms with Crippen molar-refractivity contribution >= 4 is 21.8 Å². The fourth-order valence-corrected chi connectivity index (χ4v) is 3.08. The summed E-state index contributed by atoms with van der Waals surface area (Å²) in [5.41, 5.74) is 4.32. The Morgan fingerprint density at radius 1 is 0.739 bits per heavy atom. The Hall–Kier alpha value is -2.87. The van der Waals surface area contributed by atoms with Gasteiger partial charge in [-0.1, -0.05) is 54.6 Å². The van der Waals surface area contributed by atoms with Gasteiger partial charge in [-0.3, -0.25) is 0 Å². The van der Waals surface area contributed by atoms with Crippen LogP contribution in [0.3, 0.4) is 0 Å². The maximum atomic E-state index is 5.87. The molecule has 0 aliphatic rings. The molecule has 1 aromatic heterocycles. The third-order valence-corrected chi connectivity index (χ3v) is 4.04. The van der Waals surface area contributed by atoms with Crippen molar-refractivity contribution in [1.29, 1.82) is 0 Å². The predicted molar refractivity (Wildman–Crippen MR) is 95.9 cm³/mol. The van der Waals surface area contributed by atoms with Gasteiger partial charge < -0.3 is 4.74 Å². The molecule has 0 unspecified atom stereocenters. The molecule has 4 aromatic rings. The lowest BCUT2D eigenvalue weighted by molar-refractivity contribution is 0.341. The smallest absolute Gasteiger partial charge is 0.127 e. The monoisotopic (exact) mass is 299 g/mol. The highest BCUT2D eigenvalue weighted by Gasteiger charge is 2.14. The number of pyridine rings is 1. The van der Waals surface area contributed by atoms with Gasteiger partial charge in [-0.2, -0.15) is 0 Å². The second-order valence-corrected chi connectivity index (χ2v) is 5.45. The molecule has 0 atom stereocenters. The zero-order chi connectivity index (χ0) is 15.6. The van der Waals surface area contributed by atoms with Gasteiger partial charge in [0.1, 0.15) is 5.75 Å². The minimum absolute atomic E-state index is 0.651. The molecule has 0 amide bonds. The first-order valence-corrected chi connectivity index (χ1v) is 7.88. The standard InChI is InChI=1S/C21H17NO/c1-2-23-20-14-8-5-11-17(20)21-15-9-3-6-12-18(15)22-19-13-7-4-10-16(19)21/h3-14H,2H2,1H3. The van der Waals surface area contributed by atoms with E-state index in [1.807, 2.05) is 31.2 Å². The van der Waals surface area contributed by atoms with Gasteiger partial charge >= 0.3 is 0 Å². The summed E-state index contributed by atoms with van der Waals surface area (Å²) in [6, 6.07) is 24.8. The number of rotatable bonds is 3. The molecule has 112 valence electrons. The van der Waals surface area contributed by atoms with Crippen molar-refractivity contribution < 1.29 is 4.74 Å². The lowest BCUT2D eigenvalue weighted by Crippen LogP contribution is -1.95. The van der Waals surface area contributed by atoms with Crippen molar-refractivity contribution in [2.24, 2.45) is 0 Å². The molecule has 2 nitrogen and oxygen atoms in total. The molecule has 4 rings (SSSR count). The molecule has 0 saturated carbocycles. The van der Waals surface area contributed by atoms with Gasteiger partial charge in [0.25, 0.3) is 0 Å². The molecular weight excluding hydrogens is 282 g/mol. The van der Waals surface area contributed by atoms with E-state index in [1.54, 1.807) is 0 Å². The second kappa shape index (κ2) is 5.73. The van der Waals surface area contributed by atoms with E-state index in [4.69, 9.17) is 9.72 Å². The molecule has 3 aromatic carbocycles. The van der Waals surface area contributed by atoms with Crippen molar-refractivity contribution in [1.82, 2.24) is 4.98 Å². The minimum Gasteiger partial charge on any atom is -0.493 e. The van der Waals surface area contributed by atoms with Gasteiger partial charge in [0, 0.05) is 21.9 Å². The minimum atomic E-state index is 0.651. The Balaban J connectivity index is 2.16. The maximum Gasteiger partial charge on any atom is 0.127 e. The van der Waals surface area contributed by atoms with E-state index in [0.717, 1.165) is 33.1 Å². The first-order valence-electron chi connectivity index (χ1n) is 7.88. The Labute approximate surface area is 135 Å². The van der Waals surface area contributed by atoms with E-state index in [0.29, 0.717) is 6.61 Å². The summed E-state index contributed by atoms with van der Waals surface area (Å²) in [4.78, 5) is 4.80. The molecule has 0 N–H and O–H groups in total. The van der Waals surface area contributed by atoms with Crippen LogP contribution >= 0.6 is 0 Å².